The van der Waals surface area contributed by atoms with Gasteiger partial charge in [-0.15, -0.1) is 21.5 Å². The summed E-state index contributed by atoms with van der Waals surface area (Å²) in [4.78, 5) is 12.3. The highest BCUT2D eigenvalue weighted by Gasteiger charge is 2.38. The summed E-state index contributed by atoms with van der Waals surface area (Å²) < 4.78 is 5.56. The Balaban J connectivity index is 1.71. The average molecular weight is 345 g/mol. The highest BCUT2D eigenvalue weighted by atomic mass is 32.1. The summed E-state index contributed by atoms with van der Waals surface area (Å²) in [5.74, 6) is 0.917. The summed E-state index contributed by atoms with van der Waals surface area (Å²) in [7, 11) is 1.71. The van der Waals surface area contributed by atoms with Crippen molar-refractivity contribution in [1.29, 1.82) is 0 Å². The second-order valence-electron chi connectivity index (χ2n) is 6.36. The summed E-state index contributed by atoms with van der Waals surface area (Å²) in [5.41, 5.74) is 1.18. The number of ether oxygens (including phenoxy) is 1. The Hall–Kier alpha value is -1.95. The van der Waals surface area contributed by atoms with Gasteiger partial charge in [-0.1, -0.05) is 31.0 Å². The lowest BCUT2D eigenvalue weighted by Gasteiger charge is -2.31. The van der Waals surface area contributed by atoms with Gasteiger partial charge in [-0.25, -0.2) is 0 Å². The van der Waals surface area contributed by atoms with E-state index in [9.17, 15) is 4.79 Å². The zero-order valence-corrected chi connectivity index (χ0v) is 15.0. The van der Waals surface area contributed by atoms with Crippen LogP contribution in [0.25, 0.3) is 0 Å². The molecule has 1 aliphatic rings. The van der Waals surface area contributed by atoms with Crippen molar-refractivity contribution in [2.75, 3.05) is 13.7 Å². The van der Waals surface area contributed by atoms with Crippen LogP contribution in [0.15, 0.2) is 24.3 Å². The van der Waals surface area contributed by atoms with Crippen LogP contribution in [0, 0.1) is 6.92 Å². The van der Waals surface area contributed by atoms with Crippen LogP contribution in [0.3, 0.4) is 0 Å². The van der Waals surface area contributed by atoms with Gasteiger partial charge in [-0.05, 0) is 25.8 Å². The molecule has 1 heterocycles. The van der Waals surface area contributed by atoms with E-state index in [4.69, 9.17) is 4.74 Å². The lowest BCUT2D eigenvalue weighted by Crippen LogP contribution is -2.39. The van der Waals surface area contributed by atoms with Crippen molar-refractivity contribution in [2.45, 2.75) is 44.4 Å². The highest BCUT2D eigenvalue weighted by molar-refractivity contribution is 7.11. The molecule has 24 heavy (non-hydrogen) atoms. The number of aryl methyl sites for hydroxylation is 1. The van der Waals surface area contributed by atoms with Gasteiger partial charge >= 0.3 is 0 Å². The molecule has 0 aliphatic heterocycles. The topological polar surface area (TPSA) is 64.1 Å². The van der Waals surface area contributed by atoms with Gasteiger partial charge in [0, 0.05) is 17.5 Å². The molecule has 5 nitrogen and oxygen atoms in total. The van der Waals surface area contributed by atoms with Crippen molar-refractivity contribution in [3.63, 3.8) is 0 Å². The summed E-state index contributed by atoms with van der Waals surface area (Å²) in [6.07, 6.45) is 4.82. The molecule has 1 aliphatic carbocycles. The maximum atomic E-state index is 12.3. The van der Waals surface area contributed by atoms with E-state index in [1.165, 1.54) is 29.7 Å². The summed E-state index contributed by atoms with van der Waals surface area (Å²) in [5, 5.41) is 12.8. The fourth-order valence-electron chi connectivity index (χ4n) is 3.55. The SMILES string of the molecule is COc1ccccc1C1(CNC(=O)Cc2nnc(C)s2)CCCC1. The van der Waals surface area contributed by atoms with Gasteiger partial charge < -0.3 is 10.1 Å². The van der Waals surface area contributed by atoms with E-state index in [0.29, 0.717) is 13.0 Å². The summed E-state index contributed by atoms with van der Waals surface area (Å²) in [6, 6.07) is 8.16. The number of carbonyl (C=O) groups is 1. The molecular weight excluding hydrogens is 322 g/mol. The first-order valence-electron chi connectivity index (χ1n) is 8.32. The van der Waals surface area contributed by atoms with Crippen LogP contribution >= 0.6 is 11.3 Å². The minimum atomic E-state index is -0.0285. The molecule has 6 heteroatoms. The first-order valence-corrected chi connectivity index (χ1v) is 9.14. The third-order valence-electron chi connectivity index (χ3n) is 4.74. The van der Waals surface area contributed by atoms with Crippen LogP contribution < -0.4 is 10.1 Å². The first kappa shape index (κ1) is 16.9. The van der Waals surface area contributed by atoms with Crippen molar-refractivity contribution in [3.8, 4) is 5.75 Å². The smallest absolute Gasteiger partial charge is 0.226 e. The molecule has 1 fully saturated rings. The van der Waals surface area contributed by atoms with E-state index >= 15 is 0 Å². The number of hydrogen-bond donors (Lipinski definition) is 1. The third-order valence-corrected chi connectivity index (χ3v) is 5.58. The molecular formula is C18H23N3O2S. The Morgan fingerprint density at radius 1 is 1.29 bits per heavy atom. The molecule has 1 aromatic carbocycles. The number of hydrogen-bond acceptors (Lipinski definition) is 5. The zero-order valence-electron chi connectivity index (χ0n) is 14.2. The van der Waals surface area contributed by atoms with E-state index in [0.717, 1.165) is 28.6 Å². The Kier molecular flexibility index (Phi) is 5.14. The molecule has 0 saturated heterocycles. The monoisotopic (exact) mass is 345 g/mol. The van der Waals surface area contributed by atoms with Crippen molar-refractivity contribution in [1.82, 2.24) is 15.5 Å². The molecule has 0 radical (unpaired) electrons. The van der Waals surface area contributed by atoms with Crippen molar-refractivity contribution in [3.05, 3.63) is 39.8 Å². The van der Waals surface area contributed by atoms with Crippen LogP contribution in [-0.4, -0.2) is 29.8 Å². The molecule has 0 spiro atoms. The second kappa shape index (κ2) is 7.30. The maximum absolute atomic E-state index is 12.3. The molecule has 1 amide bonds. The van der Waals surface area contributed by atoms with Crippen LogP contribution in [0.2, 0.25) is 0 Å². The molecule has 1 aromatic heterocycles. The molecule has 1 N–H and O–H groups in total. The van der Waals surface area contributed by atoms with Crippen molar-refractivity contribution >= 4 is 17.2 Å². The van der Waals surface area contributed by atoms with Crippen molar-refractivity contribution in [2.24, 2.45) is 0 Å². The lowest BCUT2D eigenvalue weighted by molar-refractivity contribution is -0.120. The van der Waals surface area contributed by atoms with E-state index in [1.54, 1.807) is 7.11 Å². The Morgan fingerprint density at radius 3 is 2.71 bits per heavy atom. The maximum Gasteiger partial charge on any atom is 0.226 e. The number of para-hydroxylation sites is 1. The van der Waals surface area contributed by atoms with E-state index in [-0.39, 0.29) is 11.3 Å². The predicted octanol–water partition coefficient (Wildman–Crippen LogP) is 3.03. The number of aromatic nitrogens is 2. The molecule has 0 bridgehead atoms. The zero-order chi connectivity index (χ0) is 17.0. The van der Waals surface area contributed by atoms with Gasteiger partial charge in [-0.2, -0.15) is 0 Å². The fraction of sp³-hybridized carbons (Fsp3) is 0.500. The minimum Gasteiger partial charge on any atom is -0.496 e. The fourth-order valence-corrected chi connectivity index (χ4v) is 4.26. The van der Waals surface area contributed by atoms with Crippen LogP contribution in [0.5, 0.6) is 5.75 Å². The Morgan fingerprint density at radius 2 is 2.04 bits per heavy atom. The number of carbonyl (C=O) groups excluding carboxylic acids is 1. The van der Waals surface area contributed by atoms with E-state index in [2.05, 4.69) is 21.6 Å². The van der Waals surface area contributed by atoms with Crippen LogP contribution in [0.1, 0.15) is 41.3 Å². The lowest BCUT2D eigenvalue weighted by atomic mass is 9.78. The number of nitrogens with zero attached hydrogens (tertiary/aromatic N) is 2. The molecule has 128 valence electrons. The van der Waals surface area contributed by atoms with Gasteiger partial charge in [0.25, 0.3) is 0 Å². The van der Waals surface area contributed by atoms with E-state index < -0.39 is 0 Å². The van der Waals surface area contributed by atoms with Gasteiger partial charge in [-0.3, -0.25) is 4.79 Å². The Labute approximate surface area is 146 Å². The van der Waals surface area contributed by atoms with Gasteiger partial charge in [0.05, 0.1) is 13.5 Å². The van der Waals surface area contributed by atoms with Gasteiger partial charge in [0.1, 0.15) is 15.8 Å². The normalized spacial score (nSPS) is 16.1. The number of nitrogens with one attached hydrogen (secondary N) is 1. The predicted molar refractivity (Wildman–Crippen MR) is 94.5 cm³/mol. The number of rotatable bonds is 6. The first-order chi connectivity index (χ1) is 11.6. The third kappa shape index (κ3) is 3.59. The van der Waals surface area contributed by atoms with Crippen molar-refractivity contribution < 1.29 is 9.53 Å². The van der Waals surface area contributed by atoms with Gasteiger partial charge in [0.2, 0.25) is 5.91 Å². The number of amides is 1. The second-order valence-corrected chi connectivity index (χ2v) is 7.62. The van der Waals surface area contributed by atoms with Crippen LogP contribution in [0.4, 0.5) is 0 Å². The highest BCUT2D eigenvalue weighted by Crippen LogP contribution is 2.44. The molecule has 0 unspecified atom stereocenters. The standard InChI is InChI=1S/C18H23N3O2S/c1-13-20-21-17(24-13)11-16(22)19-12-18(9-5-6-10-18)14-7-3-4-8-15(14)23-2/h3-4,7-8H,5-6,9-12H2,1-2H3,(H,19,22). The molecule has 2 aromatic rings. The summed E-state index contributed by atoms with van der Waals surface area (Å²) in [6.45, 7) is 2.54. The summed E-state index contributed by atoms with van der Waals surface area (Å²) >= 11 is 1.47. The molecule has 1 saturated carbocycles. The number of methoxy groups -OCH3 is 1. The van der Waals surface area contributed by atoms with E-state index in [1.807, 2.05) is 25.1 Å². The quantitative estimate of drug-likeness (QED) is 0.874. The Bertz CT molecular complexity index is 708. The number of benzene rings is 1. The molecule has 0 atom stereocenters. The largest absolute Gasteiger partial charge is 0.496 e. The average Bonchev–Trinajstić information content (AvgIpc) is 3.23. The van der Waals surface area contributed by atoms with Crippen LogP contribution in [-0.2, 0) is 16.6 Å². The van der Waals surface area contributed by atoms with Gasteiger partial charge in [0.15, 0.2) is 0 Å². The minimum absolute atomic E-state index is 0.00678. The molecule has 3 rings (SSSR count).